The van der Waals surface area contributed by atoms with E-state index in [0.717, 1.165) is 114 Å². The first kappa shape index (κ1) is 89.1. The lowest BCUT2D eigenvalue weighted by Crippen LogP contribution is -2.30. The summed E-state index contributed by atoms with van der Waals surface area (Å²) in [4.78, 5) is 72.6. The second kappa shape index (κ2) is 62.8. The van der Waals surface area contributed by atoms with E-state index in [1.54, 1.807) is 0 Å². The van der Waals surface area contributed by atoms with Crippen molar-refractivity contribution in [3.05, 3.63) is 0 Å². The lowest BCUT2D eigenvalue weighted by atomic mass is 10.0. The molecule has 19 heteroatoms. The molecule has 0 bridgehead atoms. The van der Waals surface area contributed by atoms with Crippen molar-refractivity contribution in [3.63, 3.8) is 0 Å². The van der Waals surface area contributed by atoms with Gasteiger partial charge in [-0.1, -0.05) is 312 Å². The fourth-order valence-corrected chi connectivity index (χ4v) is 12.5. The van der Waals surface area contributed by atoms with Crippen LogP contribution in [0.1, 0.15) is 363 Å². The Morgan fingerprint density at radius 1 is 0.297 bits per heavy atom. The summed E-state index contributed by atoms with van der Waals surface area (Å²) in [6, 6.07) is 0. The summed E-state index contributed by atoms with van der Waals surface area (Å²) in [6.07, 6.45) is 47.2. The first-order valence-electron chi connectivity index (χ1n) is 37.3. The number of hydrogen-bond donors (Lipinski definition) is 3. The van der Waals surface area contributed by atoms with Gasteiger partial charge in [0.2, 0.25) is 0 Å². The van der Waals surface area contributed by atoms with E-state index in [-0.39, 0.29) is 25.7 Å². The molecule has 0 heterocycles. The zero-order valence-corrected chi connectivity index (χ0v) is 61.1. The number of phosphoric ester groups is 2. The molecule has 0 aliphatic heterocycles. The predicted octanol–water partition coefficient (Wildman–Crippen LogP) is 20.6. The molecule has 0 saturated heterocycles. The zero-order chi connectivity index (χ0) is 67.3. The minimum atomic E-state index is -4.95. The van der Waals surface area contributed by atoms with Crippen molar-refractivity contribution < 1.29 is 80.2 Å². The Bertz CT molecular complexity index is 1780. The quantitative estimate of drug-likeness (QED) is 0.0222. The molecule has 0 amide bonds. The second-order valence-electron chi connectivity index (χ2n) is 27.4. The third-order valence-corrected chi connectivity index (χ3v) is 18.5. The maximum atomic E-state index is 13.0. The van der Waals surface area contributed by atoms with Crippen molar-refractivity contribution in [1.82, 2.24) is 0 Å². The van der Waals surface area contributed by atoms with Crippen LogP contribution in [-0.2, 0) is 65.4 Å². The first-order chi connectivity index (χ1) is 43.7. The van der Waals surface area contributed by atoms with Gasteiger partial charge in [-0.15, -0.1) is 0 Å². The molecule has 17 nitrogen and oxygen atoms in total. The van der Waals surface area contributed by atoms with Crippen LogP contribution in [0, 0.1) is 17.8 Å². The fraction of sp³-hybridized carbons (Fsp3) is 0.944. The molecule has 0 radical (unpaired) electrons. The summed E-state index contributed by atoms with van der Waals surface area (Å²) < 4.78 is 68.3. The van der Waals surface area contributed by atoms with Crippen LogP contribution >= 0.6 is 15.6 Å². The van der Waals surface area contributed by atoms with E-state index in [4.69, 9.17) is 37.0 Å². The van der Waals surface area contributed by atoms with Crippen LogP contribution in [0.2, 0.25) is 0 Å². The van der Waals surface area contributed by atoms with Crippen LogP contribution in [0.5, 0.6) is 0 Å². The van der Waals surface area contributed by atoms with Crippen molar-refractivity contribution in [3.8, 4) is 0 Å². The van der Waals surface area contributed by atoms with Crippen LogP contribution in [0.3, 0.4) is 0 Å². The summed E-state index contributed by atoms with van der Waals surface area (Å²) in [5.74, 6) is 0.179. The lowest BCUT2D eigenvalue weighted by molar-refractivity contribution is -0.161. The highest BCUT2D eigenvalue weighted by molar-refractivity contribution is 7.47. The molecule has 0 aliphatic carbocycles. The Kier molecular flexibility index (Phi) is 61.5. The van der Waals surface area contributed by atoms with Crippen molar-refractivity contribution >= 4 is 39.5 Å². The number of rotatable bonds is 70. The summed E-state index contributed by atoms with van der Waals surface area (Å²) in [5, 5.41) is 10.6. The first-order valence-corrected chi connectivity index (χ1v) is 40.3. The Balaban J connectivity index is 5.23. The van der Waals surface area contributed by atoms with Gasteiger partial charge in [0.15, 0.2) is 12.2 Å². The monoisotopic (exact) mass is 1340 g/mol. The van der Waals surface area contributed by atoms with Gasteiger partial charge in [-0.2, -0.15) is 0 Å². The number of aliphatic hydroxyl groups excluding tert-OH is 1. The molecule has 5 atom stereocenters. The molecule has 91 heavy (non-hydrogen) atoms. The molecule has 0 rings (SSSR count). The van der Waals surface area contributed by atoms with Gasteiger partial charge in [-0.05, 0) is 43.4 Å². The Morgan fingerprint density at radius 3 is 0.747 bits per heavy atom. The average molecular weight is 1340 g/mol. The molecular formula is C72H140O17P2. The molecule has 0 spiro atoms. The van der Waals surface area contributed by atoms with Gasteiger partial charge in [0, 0.05) is 25.7 Å². The number of ether oxygens (including phenoxy) is 4. The average Bonchev–Trinajstić information content (AvgIpc) is 3.72. The Labute approximate surface area is 556 Å². The number of hydrogen-bond acceptors (Lipinski definition) is 15. The lowest BCUT2D eigenvalue weighted by Gasteiger charge is -2.21. The normalized spacial score (nSPS) is 14.2. The van der Waals surface area contributed by atoms with Crippen LogP contribution < -0.4 is 0 Å². The molecular weight excluding hydrogens is 1200 g/mol. The van der Waals surface area contributed by atoms with Crippen molar-refractivity contribution in [2.45, 2.75) is 381 Å². The highest BCUT2D eigenvalue weighted by Gasteiger charge is 2.30. The third-order valence-electron chi connectivity index (χ3n) is 16.6. The number of aliphatic hydroxyl groups is 1. The zero-order valence-electron chi connectivity index (χ0n) is 59.3. The van der Waals surface area contributed by atoms with Crippen LogP contribution in [0.25, 0.3) is 0 Å². The Hall–Kier alpha value is -1.94. The van der Waals surface area contributed by atoms with Crippen molar-refractivity contribution in [2.75, 3.05) is 39.6 Å². The van der Waals surface area contributed by atoms with Crippen molar-refractivity contribution in [1.29, 1.82) is 0 Å². The van der Waals surface area contributed by atoms with Crippen LogP contribution in [0.4, 0.5) is 0 Å². The minimum Gasteiger partial charge on any atom is -0.462 e. The summed E-state index contributed by atoms with van der Waals surface area (Å²) in [7, 11) is -9.90. The smallest absolute Gasteiger partial charge is 0.462 e. The van der Waals surface area contributed by atoms with E-state index in [9.17, 15) is 43.2 Å². The fourth-order valence-electron chi connectivity index (χ4n) is 10.9. The third kappa shape index (κ3) is 66.5. The van der Waals surface area contributed by atoms with Gasteiger partial charge in [0.25, 0.3) is 0 Å². The molecule has 0 saturated carbocycles. The van der Waals surface area contributed by atoms with Gasteiger partial charge >= 0.3 is 39.5 Å². The number of unbranched alkanes of at least 4 members (excludes halogenated alkanes) is 38. The van der Waals surface area contributed by atoms with E-state index in [0.29, 0.717) is 25.7 Å². The molecule has 540 valence electrons. The highest BCUT2D eigenvalue weighted by Crippen LogP contribution is 2.45. The van der Waals surface area contributed by atoms with Crippen LogP contribution in [-0.4, -0.2) is 96.7 Å². The molecule has 3 N–H and O–H groups in total. The minimum absolute atomic E-state index is 0.105. The molecule has 0 aromatic carbocycles. The van der Waals surface area contributed by atoms with E-state index >= 15 is 0 Å². The maximum absolute atomic E-state index is 13.0. The maximum Gasteiger partial charge on any atom is 0.472 e. The topological polar surface area (TPSA) is 237 Å². The van der Waals surface area contributed by atoms with E-state index in [1.807, 2.05) is 0 Å². The van der Waals surface area contributed by atoms with Gasteiger partial charge < -0.3 is 33.8 Å². The number of carbonyl (C=O) groups excluding carboxylic acids is 4. The molecule has 0 fully saturated rings. The summed E-state index contributed by atoms with van der Waals surface area (Å²) in [5.41, 5.74) is 0. The van der Waals surface area contributed by atoms with E-state index in [2.05, 4.69) is 48.5 Å². The largest absolute Gasteiger partial charge is 0.472 e. The molecule has 2 unspecified atom stereocenters. The van der Waals surface area contributed by atoms with E-state index < -0.39 is 97.5 Å². The summed E-state index contributed by atoms with van der Waals surface area (Å²) >= 11 is 0. The predicted molar refractivity (Wildman–Crippen MR) is 368 cm³/mol. The second-order valence-corrected chi connectivity index (χ2v) is 30.3. The van der Waals surface area contributed by atoms with E-state index in [1.165, 1.54) is 167 Å². The number of esters is 4. The molecule has 0 aliphatic rings. The highest BCUT2D eigenvalue weighted by atomic mass is 31.2. The number of phosphoric acid groups is 2. The van der Waals surface area contributed by atoms with Gasteiger partial charge in [-0.25, -0.2) is 9.13 Å². The van der Waals surface area contributed by atoms with Crippen LogP contribution in [0.15, 0.2) is 0 Å². The van der Waals surface area contributed by atoms with Gasteiger partial charge in [0.05, 0.1) is 26.4 Å². The Morgan fingerprint density at radius 2 is 0.505 bits per heavy atom. The number of carbonyl (C=O) groups is 4. The van der Waals surface area contributed by atoms with Gasteiger partial charge in [0.1, 0.15) is 19.3 Å². The van der Waals surface area contributed by atoms with Crippen molar-refractivity contribution in [2.24, 2.45) is 17.8 Å². The summed E-state index contributed by atoms with van der Waals surface area (Å²) in [6.45, 7) is 11.8. The molecule has 0 aromatic rings. The molecule has 0 aromatic heterocycles. The van der Waals surface area contributed by atoms with Gasteiger partial charge in [-0.3, -0.25) is 37.3 Å². The standard InChI is InChI=1S/C72H140O17P2/c1-8-9-10-11-12-32-39-46-53-69(74)82-59-67(89-72(77)56-49-42-35-28-22-25-31-38-45-52-65(6)7)61-86-90(78,79)84-57-66(73)58-85-91(80,81)87-62-68(60-83-70(75)54-47-40-33-26-20-17-16-19-24-30-37-44-51-64(4)5)88-71(76)55-48-41-34-27-21-15-13-14-18-23-29-36-43-50-63(2)3/h63-68,73H,8-62H2,1-7H3,(H,78,79)(H,80,81)/t66-,67+,68+/m0/s1. The SMILES string of the molecule is CCCCCCCCCCC(=O)OC[C@H](COP(=O)(O)OC[C@H](O)COP(=O)(O)OC[C@@H](COC(=O)CCCCCCCCCCCCCCC(C)C)OC(=O)CCCCCCCCCCCCCCCC(C)C)OC(=O)CCCCCCCCCCCC(C)C.